The fraction of sp³-hybridized carbons (Fsp3) is 0.636. The van der Waals surface area contributed by atoms with Crippen LogP contribution in [0.1, 0.15) is 62.5 Å². The van der Waals surface area contributed by atoms with Crippen LogP contribution in [0.25, 0.3) is 0 Å². The van der Waals surface area contributed by atoms with E-state index in [1.807, 2.05) is 0 Å². The van der Waals surface area contributed by atoms with Gasteiger partial charge in [0.2, 0.25) is 1.43 Å². The van der Waals surface area contributed by atoms with Gasteiger partial charge in [0.25, 0.3) is 0 Å². The Morgan fingerprint density at radius 1 is 1.25 bits per heavy atom. The number of hydrogen-bond acceptors (Lipinski definition) is 2. The van der Waals surface area contributed by atoms with E-state index >= 15 is 0 Å². The molecule has 0 amide bonds. The first-order valence-electron chi connectivity index (χ1n) is 9.88. The number of aliphatic hydroxyl groups excluding tert-OH is 1. The largest absolute Gasteiger partial charge is 0.395 e. The Morgan fingerprint density at radius 2 is 2.12 bits per heavy atom. The summed E-state index contributed by atoms with van der Waals surface area (Å²) in [7, 11) is 0. The van der Waals surface area contributed by atoms with Crippen LogP contribution < -0.4 is 0 Å². The molecule has 2 nitrogen and oxygen atoms in total. The van der Waals surface area contributed by atoms with Crippen molar-refractivity contribution in [1.82, 2.24) is 0 Å². The Balaban J connectivity index is 1.60. The molecule has 0 aromatic heterocycles. The summed E-state index contributed by atoms with van der Waals surface area (Å²) < 4.78 is 6.75. The lowest BCUT2D eigenvalue weighted by Crippen LogP contribution is -2.50. The molecule has 1 aromatic carbocycles. The van der Waals surface area contributed by atoms with E-state index < -0.39 is 5.60 Å². The van der Waals surface area contributed by atoms with Crippen LogP contribution >= 0.6 is 0 Å². The Morgan fingerprint density at radius 3 is 3.00 bits per heavy atom. The van der Waals surface area contributed by atoms with Gasteiger partial charge in [-0.05, 0) is 67.4 Å². The van der Waals surface area contributed by atoms with Gasteiger partial charge in [0.1, 0.15) is 5.60 Å². The highest BCUT2D eigenvalue weighted by molar-refractivity contribution is 5.36. The Kier molecular flexibility index (Phi) is 3.69. The molecule has 0 aliphatic heterocycles. The number of hydrogen-bond donors (Lipinski definition) is 2. The van der Waals surface area contributed by atoms with Gasteiger partial charge >= 0.3 is 0 Å². The summed E-state index contributed by atoms with van der Waals surface area (Å²) in [6.45, 7) is 2.59. The van der Waals surface area contributed by atoms with Crippen LogP contribution in [0, 0.1) is 29.1 Å². The van der Waals surface area contributed by atoms with E-state index in [0.29, 0.717) is 30.8 Å². The Labute approximate surface area is 146 Å². The van der Waals surface area contributed by atoms with Crippen molar-refractivity contribution in [3.8, 4) is 11.8 Å². The molecule has 5 atom stereocenters. The first-order valence-corrected chi connectivity index (χ1v) is 9.47. The molecule has 2 saturated carbocycles. The van der Waals surface area contributed by atoms with Crippen LogP contribution in [0.5, 0.6) is 0 Å². The van der Waals surface area contributed by atoms with Gasteiger partial charge in [-0.1, -0.05) is 43.0 Å². The number of aliphatic hydroxyl groups is 2. The molecule has 2 heteroatoms. The molecule has 3 unspecified atom stereocenters. The molecular weight excluding hydrogens is 296 g/mol. The van der Waals surface area contributed by atoms with Gasteiger partial charge in [0, 0.05) is 11.8 Å². The maximum atomic E-state index is 11.4. The number of benzene rings is 1. The highest BCUT2D eigenvalue weighted by Gasteiger charge is 2.61. The molecular formula is C22H28O2. The maximum Gasteiger partial charge on any atom is 0.210 e. The summed E-state index contributed by atoms with van der Waals surface area (Å²) in [5.74, 6) is 8.16. The normalized spacial score (nSPS) is 40.6. The summed E-state index contributed by atoms with van der Waals surface area (Å²) in [4.78, 5) is 0. The minimum atomic E-state index is -0.873. The molecule has 0 radical (unpaired) electrons. The predicted octanol–water partition coefficient (Wildman–Crippen LogP) is 3.66. The molecule has 128 valence electrons. The maximum absolute atomic E-state index is 11.4. The molecule has 4 rings (SSSR count). The summed E-state index contributed by atoms with van der Waals surface area (Å²) in [6, 6.07) is 8.97. The van der Waals surface area contributed by atoms with Crippen molar-refractivity contribution in [2.24, 2.45) is 17.3 Å². The lowest BCUT2D eigenvalue weighted by molar-refractivity contribution is -0.0648. The first-order chi connectivity index (χ1) is 12.1. The Hall–Kier alpha value is -1.30. The van der Waals surface area contributed by atoms with Crippen LogP contribution in [0.2, 0.25) is 0 Å². The monoisotopic (exact) mass is 326 g/mol. The van der Waals surface area contributed by atoms with Gasteiger partial charge in [-0.2, -0.15) is 0 Å². The van der Waals surface area contributed by atoms with E-state index in [1.54, 1.807) is 5.56 Å². The highest BCUT2D eigenvalue weighted by Crippen LogP contribution is 2.64. The van der Waals surface area contributed by atoms with E-state index in [0.717, 1.165) is 25.7 Å². The third kappa shape index (κ3) is 2.25. The smallest absolute Gasteiger partial charge is 0.210 e. The van der Waals surface area contributed by atoms with Gasteiger partial charge in [-0.3, -0.25) is 0 Å². The highest BCUT2D eigenvalue weighted by atomic mass is 16.3. The molecule has 0 bridgehead atoms. The third-order valence-electron chi connectivity index (χ3n) is 7.31. The summed E-state index contributed by atoms with van der Waals surface area (Å²) in [5, 5.41) is 15.7. The van der Waals surface area contributed by atoms with E-state index in [-0.39, 0.29) is 5.41 Å². The van der Waals surface area contributed by atoms with Crippen LogP contribution in [0.3, 0.4) is 0 Å². The lowest BCUT2D eigenvalue weighted by atomic mass is 9.53. The second-order valence-electron chi connectivity index (χ2n) is 8.23. The van der Waals surface area contributed by atoms with Crippen molar-refractivity contribution >= 4 is 0 Å². The number of fused-ring (bicyclic) bond motifs is 5. The molecule has 2 N–H and O–H groups in total. The average Bonchev–Trinajstić information content (AvgIpc) is 2.90. The third-order valence-corrected chi connectivity index (χ3v) is 7.31. The lowest BCUT2D eigenvalue weighted by Gasteiger charge is -2.52. The van der Waals surface area contributed by atoms with Crippen LogP contribution in [-0.2, 0) is 6.42 Å². The van der Waals surface area contributed by atoms with Crippen molar-refractivity contribution in [1.29, 1.82) is 1.43 Å². The van der Waals surface area contributed by atoms with Crippen molar-refractivity contribution < 1.29 is 10.2 Å². The fourth-order valence-corrected chi connectivity index (χ4v) is 6.00. The van der Waals surface area contributed by atoms with Gasteiger partial charge in [0.05, 0.1) is 6.61 Å². The zero-order valence-corrected chi connectivity index (χ0v) is 14.6. The minimum absolute atomic E-state index is 0.102. The first kappa shape index (κ1) is 15.0. The van der Waals surface area contributed by atoms with Crippen molar-refractivity contribution in [3.05, 3.63) is 35.4 Å². The molecule has 0 heterocycles. The van der Waals surface area contributed by atoms with E-state index in [4.69, 9.17) is 1.43 Å². The standard InChI is InChI=1S/C22H28O2/c1-21-13-10-18-17-7-3-2-6-16(17)8-9-19(18)20(21)11-14-22(21,24)12-4-5-15-23/h2-3,6-7,18-20,23-24H,5,8-11,13-15H2,1H3/t18?,19?,20?,21-,22-/m0/s1/i23T. The van der Waals surface area contributed by atoms with Crippen LogP contribution in [0.15, 0.2) is 24.3 Å². The quantitative estimate of drug-likeness (QED) is 0.643. The van der Waals surface area contributed by atoms with Crippen molar-refractivity contribution in [2.45, 2.75) is 63.4 Å². The molecule has 2 fully saturated rings. The van der Waals surface area contributed by atoms with E-state index in [2.05, 4.69) is 48.1 Å². The van der Waals surface area contributed by atoms with E-state index in [9.17, 15) is 5.11 Å². The van der Waals surface area contributed by atoms with Gasteiger partial charge in [-0.15, -0.1) is 0 Å². The van der Waals surface area contributed by atoms with Gasteiger partial charge in [0.15, 0.2) is 0 Å². The van der Waals surface area contributed by atoms with Gasteiger partial charge in [-0.25, -0.2) is 0 Å². The molecule has 3 aliphatic carbocycles. The van der Waals surface area contributed by atoms with Crippen LogP contribution in [-0.4, -0.2) is 23.9 Å². The molecule has 1 aromatic rings. The number of aryl methyl sites for hydroxylation is 1. The topological polar surface area (TPSA) is 40.5 Å². The SMILES string of the molecule is [3H]OCCC#C[C@]1(O)CCC2C3CCc4ccccc4C3CC[C@@]21C. The Bertz CT molecular complexity index is 705. The second kappa shape index (κ2) is 5.90. The van der Waals surface area contributed by atoms with Gasteiger partial charge < -0.3 is 10.2 Å². The summed E-state index contributed by atoms with van der Waals surface area (Å²) >= 11 is 0. The second-order valence-corrected chi connectivity index (χ2v) is 8.23. The molecule has 0 spiro atoms. The zero-order valence-electron chi connectivity index (χ0n) is 15.6. The summed E-state index contributed by atoms with van der Waals surface area (Å²) in [6.07, 6.45) is 7.02. The minimum Gasteiger partial charge on any atom is -0.395 e. The van der Waals surface area contributed by atoms with Crippen molar-refractivity contribution in [3.63, 3.8) is 0 Å². The molecule has 24 heavy (non-hydrogen) atoms. The number of rotatable bonds is 2. The van der Waals surface area contributed by atoms with Crippen LogP contribution in [0.4, 0.5) is 0 Å². The van der Waals surface area contributed by atoms with E-state index in [1.165, 1.54) is 18.4 Å². The average molecular weight is 326 g/mol. The molecule has 0 saturated heterocycles. The summed E-state index contributed by atoms with van der Waals surface area (Å²) in [5.41, 5.74) is 2.13. The predicted molar refractivity (Wildman–Crippen MR) is 95.5 cm³/mol. The zero-order chi connectivity index (χ0) is 17.5. The fourth-order valence-electron chi connectivity index (χ4n) is 6.00. The van der Waals surface area contributed by atoms with Crippen molar-refractivity contribution in [2.75, 3.05) is 6.61 Å². The molecule has 3 aliphatic rings.